The molecule has 0 saturated heterocycles. The lowest BCUT2D eigenvalue weighted by Crippen LogP contribution is -2.44. The first kappa shape index (κ1) is 18.5. The van der Waals surface area contributed by atoms with Crippen LogP contribution in [0.25, 0.3) is 0 Å². The average molecular weight is 247 g/mol. The van der Waals surface area contributed by atoms with Crippen LogP contribution in [0.15, 0.2) is 0 Å². The normalized spacial score (nSPS) is 12.4. The fourth-order valence-electron chi connectivity index (χ4n) is 2.54. The molecule has 2 nitrogen and oxygen atoms in total. The van der Waals surface area contributed by atoms with Gasteiger partial charge in [-0.05, 0) is 38.9 Å². The molecule has 0 rings (SSSR count). The molecule has 100 valence electrons. The summed E-state index contributed by atoms with van der Waals surface area (Å²) in [6.45, 7) is 13.5. The average Bonchev–Trinajstić information content (AvgIpc) is 2.01. The molecule has 0 aliphatic heterocycles. The molecule has 0 saturated carbocycles. The second kappa shape index (κ2) is 8.26. The molecule has 0 atom stereocenters. The first-order valence-electron chi connectivity index (χ1n) is 6.59. The lowest BCUT2D eigenvalue weighted by molar-refractivity contribution is 0.114. The van der Waals surface area contributed by atoms with Crippen LogP contribution in [0.2, 0.25) is 18.1 Å². The highest BCUT2D eigenvalue weighted by molar-refractivity contribution is 6.73. The van der Waals surface area contributed by atoms with Gasteiger partial charge in [-0.3, -0.25) is 0 Å². The van der Waals surface area contributed by atoms with Crippen LogP contribution in [-0.4, -0.2) is 13.9 Å². The van der Waals surface area contributed by atoms with Crippen molar-refractivity contribution in [3.63, 3.8) is 0 Å². The molecule has 0 bridgehead atoms. The van der Waals surface area contributed by atoms with E-state index in [0.29, 0.717) is 0 Å². The van der Waals surface area contributed by atoms with Crippen molar-refractivity contribution >= 4 is 8.32 Å². The Hall–Kier alpha value is 0.137. The molecular weight excluding hydrogens is 214 g/mol. The van der Waals surface area contributed by atoms with Crippen LogP contribution < -0.4 is 6.15 Å². The first-order valence-corrected chi connectivity index (χ1v) is 9.12. The SMILES string of the molecule is CCC[Si](CCC)(CCC)OC(C)(C)C.N. The highest BCUT2D eigenvalue weighted by Crippen LogP contribution is 2.31. The maximum absolute atomic E-state index is 6.49. The van der Waals surface area contributed by atoms with Crippen molar-refractivity contribution in [2.24, 2.45) is 0 Å². The topological polar surface area (TPSA) is 44.2 Å². The maximum Gasteiger partial charge on any atom is 0.193 e. The molecule has 3 heteroatoms. The Labute approximate surface area is 104 Å². The molecule has 3 N–H and O–H groups in total. The summed E-state index contributed by atoms with van der Waals surface area (Å²) in [6, 6.07) is 4.02. The predicted molar refractivity (Wildman–Crippen MR) is 76.9 cm³/mol. The van der Waals surface area contributed by atoms with E-state index in [0.717, 1.165) is 0 Å². The van der Waals surface area contributed by atoms with E-state index in [4.69, 9.17) is 4.43 Å². The molecule has 0 heterocycles. The Kier molecular flexibility index (Phi) is 9.55. The zero-order valence-corrected chi connectivity index (χ0v) is 13.4. The number of hydrogen-bond donors (Lipinski definition) is 1. The van der Waals surface area contributed by atoms with Gasteiger partial charge in [-0.15, -0.1) is 0 Å². The van der Waals surface area contributed by atoms with Crippen molar-refractivity contribution < 1.29 is 4.43 Å². The van der Waals surface area contributed by atoms with E-state index in [2.05, 4.69) is 41.5 Å². The van der Waals surface area contributed by atoms with Gasteiger partial charge in [-0.2, -0.15) is 0 Å². The summed E-state index contributed by atoms with van der Waals surface area (Å²) in [5, 5.41) is 0. The minimum atomic E-state index is -1.43. The third kappa shape index (κ3) is 7.42. The monoisotopic (exact) mass is 247 g/mol. The van der Waals surface area contributed by atoms with Crippen molar-refractivity contribution in [1.29, 1.82) is 0 Å². The van der Waals surface area contributed by atoms with Crippen LogP contribution in [0.4, 0.5) is 0 Å². The minimum absolute atomic E-state index is 0. The molecule has 16 heavy (non-hydrogen) atoms. The Bertz CT molecular complexity index is 149. The van der Waals surface area contributed by atoms with Gasteiger partial charge >= 0.3 is 0 Å². The van der Waals surface area contributed by atoms with Gasteiger partial charge in [0.15, 0.2) is 8.32 Å². The van der Waals surface area contributed by atoms with Crippen LogP contribution >= 0.6 is 0 Å². The lowest BCUT2D eigenvalue weighted by atomic mass is 10.2. The smallest absolute Gasteiger partial charge is 0.193 e. The van der Waals surface area contributed by atoms with Gasteiger partial charge in [0.2, 0.25) is 0 Å². The van der Waals surface area contributed by atoms with Gasteiger partial charge < -0.3 is 10.6 Å². The van der Waals surface area contributed by atoms with E-state index in [1.54, 1.807) is 0 Å². The molecule has 0 unspecified atom stereocenters. The van der Waals surface area contributed by atoms with Crippen molar-refractivity contribution in [3.05, 3.63) is 0 Å². The third-order valence-corrected chi connectivity index (χ3v) is 7.92. The molecule has 0 aliphatic rings. The van der Waals surface area contributed by atoms with Gasteiger partial charge in [0.05, 0.1) is 0 Å². The Morgan fingerprint density at radius 3 is 1.31 bits per heavy atom. The summed E-state index contributed by atoms with van der Waals surface area (Å²) in [4.78, 5) is 0. The van der Waals surface area contributed by atoms with Crippen molar-refractivity contribution in [3.8, 4) is 0 Å². The zero-order valence-electron chi connectivity index (χ0n) is 12.4. The molecule has 0 amide bonds. The quantitative estimate of drug-likeness (QED) is 0.633. The summed E-state index contributed by atoms with van der Waals surface area (Å²) in [5.41, 5.74) is 0.0474. The van der Waals surface area contributed by atoms with E-state index in [-0.39, 0.29) is 11.8 Å². The van der Waals surface area contributed by atoms with Crippen LogP contribution in [0, 0.1) is 0 Å². The molecule has 0 spiro atoms. The van der Waals surface area contributed by atoms with Crippen molar-refractivity contribution in [2.75, 3.05) is 0 Å². The minimum Gasteiger partial charge on any atom is -0.412 e. The zero-order chi connectivity index (χ0) is 11.9. The summed E-state index contributed by atoms with van der Waals surface area (Å²) >= 11 is 0. The number of rotatable bonds is 7. The molecule has 0 aromatic heterocycles. The van der Waals surface area contributed by atoms with Crippen LogP contribution in [0.1, 0.15) is 60.8 Å². The van der Waals surface area contributed by atoms with Gasteiger partial charge in [0, 0.05) is 5.60 Å². The van der Waals surface area contributed by atoms with Crippen LogP contribution in [0.5, 0.6) is 0 Å². The van der Waals surface area contributed by atoms with Crippen molar-refractivity contribution in [1.82, 2.24) is 6.15 Å². The molecule has 0 aliphatic carbocycles. The van der Waals surface area contributed by atoms with Gasteiger partial charge in [-0.1, -0.05) is 40.0 Å². The highest BCUT2D eigenvalue weighted by Gasteiger charge is 2.35. The fraction of sp³-hybridized carbons (Fsp3) is 1.00. The molecule has 0 fully saturated rings. The van der Waals surface area contributed by atoms with Crippen molar-refractivity contribution in [2.45, 2.75) is 84.5 Å². The summed E-state index contributed by atoms with van der Waals surface area (Å²) in [6.07, 6.45) is 3.84. The van der Waals surface area contributed by atoms with E-state index in [1.165, 1.54) is 37.4 Å². The van der Waals surface area contributed by atoms with Gasteiger partial charge in [0.1, 0.15) is 0 Å². The van der Waals surface area contributed by atoms with E-state index in [1.807, 2.05) is 0 Å². The van der Waals surface area contributed by atoms with Gasteiger partial charge in [0.25, 0.3) is 0 Å². The Morgan fingerprint density at radius 1 is 0.812 bits per heavy atom. The van der Waals surface area contributed by atoms with E-state index in [9.17, 15) is 0 Å². The van der Waals surface area contributed by atoms with Crippen LogP contribution in [0.3, 0.4) is 0 Å². The molecular formula is C13H33NOSi. The van der Waals surface area contributed by atoms with Crippen LogP contribution in [-0.2, 0) is 4.43 Å². The third-order valence-electron chi connectivity index (χ3n) is 2.64. The predicted octanol–water partition coefficient (Wildman–Crippen LogP) is 5.14. The summed E-state index contributed by atoms with van der Waals surface area (Å²) < 4.78 is 6.49. The Balaban J connectivity index is 0. The van der Waals surface area contributed by atoms with Gasteiger partial charge in [-0.25, -0.2) is 0 Å². The second-order valence-electron chi connectivity index (χ2n) is 5.65. The number of hydrogen-bond acceptors (Lipinski definition) is 2. The Morgan fingerprint density at radius 2 is 1.12 bits per heavy atom. The highest BCUT2D eigenvalue weighted by atomic mass is 28.4. The largest absolute Gasteiger partial charge is 0.412 e. The van der Waals surface area contributed by atoms with E-state index >= 15 is 0 Å². The maximum atomic E-state index is 6.49. The lowest BCUT2D eigenvalue weighted by Gasteiger charge is -2.38. The van der Waals surface area contributed by atoms with E-state index < -0.39 is 8.32 Å². The second-order valence-corrected chi connectivity index (χ2v) is 9.72. The molecule has 0 aromatic carbocycles. The fourth-order valence-corrected chi connectivity index (χ4v) is 7.63. The standard InChI is InChI=1S/C13H30OSi.H3N/c1-7-10-15(11-8-2,12-9-3)14-13(4,5)6;/h7-12H2,1-6H3;1H3. The summed E-state index contributed by atoms with van der Waals surface area (Å²) in [5.74, 6) is 0. The summed E-state index contributed by atoms with van der Waals surface area (Å²) in [7, 11) is -1.43. The first-order chi connectivity index (χ1) is 6.89. The molecule has 0 radical (unpaired) electrons. The molecule has 0 aromatic rings.